The minimum Gasteiger partial charge on any atom is -0.507 e. The lowest BCUT2D eigenvalue weighted by molar-refractivity contribution is -0.138. The molecule has 92 valence electrons. The number of phenolic OH excluding ortho intramolecular Hbond substituents is 1. The number of nitrogens with one attached hydrogen (secondary N) is 1. The molecule has 4 nitrogen and oxygen atoms in total. The minimum absolute atomic E-state index is 0.172. The average Bonchev–Trinajstić information content (AvgIpc) is 2.72. The third-order valence-electron chi connectivity index (χ3n) is 2.66. The van der Waals surface area contributed by atoms with E-state index in [2.05, 4.69) is 5.32 Å². The third kappa shape index (κ3) is 2.51. The summed E-state index contributed by atoms with van der Waals surface area (Å²) in [4.78, 5) is 10.8. The first-order valence-electron chi connectivity index (χ1n) is 5.08. The molecule has 1 fully saturated rings. The van der Waals surface area contributed by atoms with Crippen molar-refractivity contribution in [3.8, 4) is 5.75 Å². The van der Waals surface area contributed by atoms with Crippen LogP contribution in [-0.4, -0.2) is 28.0 Å². The number of halogens is 1. The van der Waals surface area contributed by atoms with Crippen LogP contribution in [0.1, 0.15) is 16.5 Å². The van der Waals surface area contributed by atoms with Crippen molar-refractivity contribution in [2.24, 2.45) is 0 Å². The molecule has 2 atom stereocenters. The first-order valence-corrected chi connectivity index (χ1v) is 6.51. The number of carboxylic acid groups (broad SMARTS) is 1. The number of aromatic hydroxyl groups is 1. The number of hydrogen-bond acceptors (Lipinski definition) is 4. The molecule has 1 aromatic rings. The van der Waals surface area contributed by atoms with Gasteiger partial charge in [0.2, 0.25) is 0 Å². The molecule has 1 aromatic carbocycles. The number of thioether (sulfide) groups is 1. The predicted molar refractivity (Wildman–Crippen MR) is 67.6 cm³/mol. The Morgan fingerprint density at radius 3 is 2.88 bits per heavy atom. The van der Waals surface area contributed by atoms with Crippen LogP contribution in [0.3, 0.4) is 0 Å². The maximum atomic E-state index is 10.8. The van der Waals surface area contributed by atoms with E-state index in [1.54, 1.807) is 19.1 Å². The zero-order chi connectivity index (χ0) is 12.6. The van der Waals surface area contributed by atoms with E-state index < -0.39 is 12.0 Å². The van der Waals surface area contributed by atoms with Crippen molar-refractivity contribution in [1.29, 1.82) is 0 Å². The van der Waals surface area contributed by atoms with E-state index in [9.17, 15) is 9.90 Å². The lowest BCUT2D eigenvalue weighted by Crippen LogP contribution is -2.33. The predicted octanol–water partition coefficient (Wildman–Crippen LogP) is 2.14. The molecule has 1 aliphatic rings. The molecule has 0 aliphatic carbocycles. The number of carbonyl (C=O) groups is 1. The van der Waals surface area contributed by atoms with Gasteiger partial charge in [-0.1, -0.05) is 11.6 Å². The summed E-state index contributed by atoms with van der Waals surface area (Å²) in [6, 6.07) is 2.76. The van der Waals surface area contributed by atoms with Crippen molar-refractivity contribution >= 4 is 29.3 Å². The van der Waals surface area contributed by atoms with Crippen LogP contribution in [0, 0.1) is 6.92 Å². The van der Waals surface area contributed by atoms with Gasteiger partial charge in [0.05, 0.1) is 5.37 Å². The van der Waals surface area contributed by atoms with Crippen LogP contribution >= 0.6 is 23.4 Å². The first kappa shape index (κ1) is 12.5. The van der Waals surface area contributed by atoms with Gasteiger partial charge < -0.3 is 10.2 Å². The van der Waals surface area contributed by atoms with Gasteiger partial charge >= 0.3 is 5.97 Å². The van der Waals surface area contributed by atoms with Gasteiger partial charge in [0, 0.05) is 16.3 Å². The maximum absolute atomic E-state index is 10.8. The Hall–Kier alpha value is -0.910. The van der Waals surface area contributed by atoms with Gasteiger partial charge in [-0.15, -0.1) is 11.8 Å². The molecule has 6 heteroatoms. The molecule has 17 heavy (non-hydrogen) atoms. The Balaban J connectivity index is 2.27. The van der Waals surface area contributed by atoms with Crippen molar-refractivity contribution in [2.75, 3.05) is 5.75 Å². The van der Waals surface area contributed by atoms with Gasteiger partial charge in [-0.2, -0.15) is 0 Å². The Labute approximate surface area is 108 Å². The van der Waals surface area contributed by atoms with Gasteiger partial charge in [0.25, 0.3) is 0 Å². The molecule has 3 N–H and O–H groups in total. The number of aliphatic carboxylic acids is 1. The zero-order valence-corrected chi connectivity index (χ0v) is 10.7. The number of aryl methyl sites for hydroxylation is 1. The summed E-state index contributed by atoms with van der Waals surface area (Å²) in [5.41, 5.74) is 1.33. The number of benzene rings is 1. The van der Waals surface area contributed by atoms with Crippen molar-refractivity contribution in [3.63, 3.8) is 0 Å². The van der Waals surface area contributed by atoms with Crippen LogP contribution in [0.4, 0.5) is 0 Å². The summed E-state index contributed by atoms with van der Waals surface area (Å²) >= 11 is 7.39. The molecule has 0 bridgehead atoms. The van der Waals surface area contributed by atoms with E-state index >= 15 is 0 Å². The van der Waals surface area contributed by atoms with E-state index in [-0.39, 0.29) is 11.1 Å². The third-order valence-corrected chi connectivity index (χ3v) is 4.12. The highest BCUT2D eigenvalue weighted by Crippen LogP contribution is 2.39. The summed E-state index contributed by atoms with van der Waals surface area (Å²) in [5.74, 6) is -0.228. The summed E-state index contributed by atoms with van der Waals surface area (Å²) in [7, 11) is 0. The largest absolute Gasteiger partial charge is 0.507 e. The van der Waals surface area contributed by atoms with Crippen LogP contribution in [0.2, 0.25) is 5.02 Å². The number of carboxylic acids is 1. The monoisotopic (exact) mass is 273 g/mol. The highest BCUT2D eigenvalue weighted by Gasteiger charge is 2.32. The van der Waals surface area contributed by atoms with Gasteiger partial charge in [-0.25, -0.2) is 0 Å². The van der Waals surface area contributed by atoms with Crippen molar-refractivity contribution in [2.45, 2.75) is 18.3 Å². The summed E-state index contributed by atoms with van der Waals surface area (Å²) in [6.45, 7) is 1.76. The van der Waals surface area contributed by atoms with E-state index in [1.165, 1.54) is 11.8 Å². The van der Waals surface area contributed by atoms with Crippen LogP contribution in [-0.2, 0) is 4.79 Å². The minimum atomic E-state index is -0.877. The smallest absolute Gasteiger partial charge is 0.321 e. The number of phenols is 1. The maximum Gasteiger partial charge on any atom is 0.321 e. The Morgan fingerprint density at radius 2 is 2.29 bits per heavy atom. The summed E-state index contributed by atoms with van der Waals surface area (Å²) < 4.78 is 0. The molecule has 0 radical (unpaired) electrons. The van der Waals surface area contributed by atoms with Gasteiger partial charge in [-0.05, 0) is 24.6 Å². The van der Waals surface area contributed by atoms with Crippen molar-refractivity contribution in [1.82, 2.24) is 5.32 Å². The summed E-state index contributed by atoms with van der Waals surface area (Å²) in [6.07, 6.45) is 0. The molecule has 2 unspecified atom stereocenters. The van der Waals surface area contributed by atoms with E-state index in [0.717, 1.165) is 0 Å². The first-order chi connectivity index (χ1) is 7.99. The lowest BCUT2D eigenvalue weighted by atomic mass is 10.1. The zero-order valence-electron chi connectivity index (χ0n) is 9.11. The highest BCUT2D eigenvalue weighted by atomic mass is 35.5. The molecule has 2 rings (SSSR count). The Morgan fingerprint density at radius 1 is 1.59 bits per heavy atom. The Bertz CT molecular complexity index is 466. The fourth-order valence-electron chi connectivity index (χ4n) is 1.75. The van der Waals surface area contributed by atoms with Crippen molar-refractivity contribution in [3.05, 3.63) is 28.3 Å². The highest BCUT2D eigenvalue weighted by molar-refractivity contribution is 7.99. The molecule has 1 saturated heterocycles. The quantitative estimate of drug-likeness (QED) is 0.770. The van der Waals surface area contributed by atoms with Crippen LogP contribution in [0.25, 0.3) is 0 Å². The second-order valence-electron chi connectivity index (χ2n) is 3.93. The number of hydrogen-bond donors (Lipinski definition) is 3. The second-order valence-corrected chi connectivity index (χ2v) is 5.51. The molecule has 0 saturated carbocycles. The van der Waals surface area contributed by atoms with Crippen LogP contribution in [0.5, 0.6) is 5.75 Å². The standard InChI is InChI=1S/C11H12ClNO3S/c1-5-2-6(12)3-7(9(5)14)10-13-8(4-17-10)11(15)16/h2-3,8,10,13-14H,4H2,1H3,(H,15,16). The van der Waals surface area contributed by atoms with Gasteiger partial charge in [0.15, 0.2) is 0 Å². The second kappa shape index (κ2) is 4.76. The SMILES string of the molecule is Cc1cc(Cl)cc(C2NC(C(=O)O)CS2)c1O. The molecule has 1 heterocycles. The van der Waals surface area contributed by atoms with E-state index in [1.807, 2.05) is 0 Å². The fraction of sp³-hybridized carbons (Fsp3) is 0.364. The Kier molecular flexibility index (Phi) is 3.51. The van der Waals surface area contributed by atoms with Gasteiger partial charge in [-0.3, -0.25) is 10.1 Å². The topological polar surface area (TPSA) is 69.6 Å². The van der Waals surface area contributed by atoms with E-state index in [0.29, 0.717) is 21.9 Å². The normalized spacial score (nSPS) is 23.9. The fourth-order valence-corrected chi connectivity index (χ4v) is 3.28. The average molecular weight is 274 g/mol. The molecular formula is C11H12ClNO3S. The lowest BCUT2D eigenvalue weighted by Gasteiger charge is -2.15. The molecule has 0 aromatic heterocycles. The molecular weight excluding hydrogens is 262 g/mol. The van der Waals surface area contributed by atoms with E-state index in [4.69, 9.17) is 16.7 Å². The molecule has 0 amide bonds. The molecule has 1 aliphatic heterocycles. The van der Waals surface area contributed by atoms with Gasteiger partial charge in [0.1, 0.15) is 11.8 Å². The number of rotatable bonds is 2. The molecule has 0 spiro atoms. The summed E-state index contributed by atoms with van der Waals surface area (Å²) in [5, 5.41) is 22.1. The van der Waals surface area contributed by atoms with Crippen molar-refractivity contribution < 1.29 is 15.0 Å². The van der Waals surface area contributed by atoms with Crippen LogP contribution in [0.15, 0.2) is 12.1 Å². The van der Waals surface area contributed by atoms with Crippen LogP contribution < -0.4 is 5.32 Å².